The van der Waals surface area contributed by atoms with Crippen LogP contribution in [0.1, 0.15) is 39.5 Å². The van der Waals surface area contributed by atoms with E-state index in [1.807, 2.05) is 6.08 Å². The van der Waals surface area contributed by atoms with Crippen molar-refractivity contribution in [1.82, 2.24) is 0 Å². The van der Waals surface area contributed by atoms with Crippen molar-refractivity contribution in [3.05, 3.63) is 11.6 Å². The van der Waals surface area contributed by atoms with Crippen LogP contribution in [0, 0.1) is 17.3 Å². The van der Waals surface area contributed by atoms with Crippen LogP contribution in [0.3, 0.4) is 0 Å². The molecule has 3 atom stereocenters. The first-order chi connectivity index (χ1) is 8.63. The summed E-state index contributed by atoms with van der Waals surface area (Å²) in [7, 11) is 1.64. The third kappa shape index (κ3) is 2.14. The van der Waals surface area contributed by atoms with E-state index in [9.17, 15) is 4.79 Å². The van der Waals surface area contributed by atoms with Crippen molar-refractivity contribution in [2.24, 2.45) is 17.3 Å². The summed E-state index contributed by atoms with van der Waals surface area (Å²) in [6.45, 7) is 5.51. The molecule has 2 aliphatic rings. The second-order valence-electron chi connectivity index (χ2n) is 5.72. The largest absolute Gasteiger partial charge is 0.359 e. The Labute approximate surface area is 110 Å². The van der Waals surface area contributed by atoms with Crippen LogP contribution < -0.4 is 0 Å². The molecule has 0 bridgehead atoms. The Morgan fingerprint density at radius 3 is 2.94 bits per heavy atom. The van der Waals surface area contributed by atoms with Gasteiger partial charge < -0.3 is 9.47 Å². The molecule has 2 rings (SSSR count). The number of hydrogen-bond donors (Lipinski definition) is 0. The average Bonchev–Trinajstić information content (AvgIpc) is 2.78. The van der Waals surface area contributed by atoms with Gasteiger partial charge in [0.15, 0.2) is 5.78 Å². The Kier molecular flexibility index (Phi) is 4.23. The molecule has 0 aromatic rings. The maximum Gasteiger partial charge on any atom is 0.159 e. The number of carbonyl (C=O) groups is 1. The molecule has 3 nitrogen and oxygen atoms in total. The SMILES string of the molecule is COCOCCC[C@@]12C(C)=CC(=O)[C@@H]1CC[C@H]2C. The minimum atomic E-state index is 0.132. The molecule has 0 N–H and O–H groups in total. The van der Waals surface area contributed by atoms with Gasteiger partial charge in [-0.15, -0.1) is 0 Å². The first kappa shape index (κ1) is 13.8. The van der Waals surface area contributed by atoms with E-state index < -0.39 is 0 Å². The van der Waals surface area contributed by atoms with Gasteiger partial charge in [0.1, 0.15) is 6.79 Å². The van der Waals surface area contributed by atoms with E-state index in [0.29, 0.717) is 18.5 Å². The van der Waals surface area contributed by atoms with E-state index >= 15 is 0 Å². The van der Waals surface area contributed by atoms with Crippen molar-refractivity contribution < 1.29 is 14.3 Å². The number of ketones is 1. The lowest BCUT2D eigenvalue weighted by Crippen LogP contribution is -2.31. The fourth-order valence-electron chi connectivity index (χ4n) is 4.01. The van der Waals surface area contributed by atoms with Gasteiger partial charge in [0.2, 0.25) is 0 Å². The predicted molar refractivity (Wildman–Crippen MR) is 70.1 cm³/mol. The number of allylic oxidation sites excluding steroid dienone is 2. The number of methoxy groups -OCH3 is 1. The van der Waals surface area contributed by atoms with Gasteiger partial charge in [-0.05, 0) is 44.6 Å². The minimum absolute atomic E-state index is 0.132. The third-order valence-electron chi connectivity index (χ3n) is 4.91. The van der Waals surface area contributed by atoms with Crippen molar-refractivity contribution >= 4 is 5.78 Å². The number of hydrogen-bond acceptors (Lipinski definition) is 3. The van der Waals surface area contributed by atoms with Gasteiger partial charge in [0.05, 0.1) is 0 Å². The molecule has 0 aromatic carbocycles. The van der Waals surface area contributed by atoms with Crippen LogP contribution >= 0.6 is 0 Å². The number of carbonyl (C=O) groups excluding carboxylic acids is 1. The molecule has 0 unspecified atom stereocenters. The average molecular weight is 252 g/mol. The van der Waals surface area contributed by atoms with Crippen LogP contribution in [-0.2, 0) is 14.3 Å². The van der Waals surface area contributed by atoms with Gasteiger partial charge in [0, 0.05) is 25.0 Å². The molecule has 2 aliphatic carbocycles. The van der Waals surface area contributed by atoms with Gasteiger partial charge in [0.25, 0.3) is 0 Å². The molecule has 0 spiro atoms. The number of fused-ring (bicyclic) bond motifs is 1. The summed E-state index contributed by atoms with van der Waals surface area (Å²) >= 11 is 0. The maximum atomic E-state index is 12.0. The Bertz CT molecular complexity index is 348. The van der Waals surface area contributed by atoms with Gasteiger partial charge in [-0.3, -0.25) is 4.79 Å². The molecule has 0 heterocycles. The molecule has 0 amide bonds. The lowest BCUT2D eigenvalue weighted by Gasteiger charge is -2.35. The lowest BCUT2D eigenvalue weighted by molar-refractivity contribution is -0.119. The molecule has 1 fully saturated rings. The molecule has 102 valence electrons. The van der Waals surface area contributed by atoms with Crippen LogP contribution in [0.4, 0.5) is 0 Å². The summed E-state index contributed by atoms with van der Waals surface area (Å²) in [5, 5.41) is 0. The Balaban J connectivity index is 1.98. The lowest BCUT2D eigenvalue weighted by atomic mass is 9.68. The monoisotopic (exact) mass is 252 g/mol. The molecule has 0 aliphatic heterocycles. The number of ether oxygens (including phenoxy) is 2. The normalized spacial score (nSPS) is 34.8. The second kappa shape index (κ2) is 5.54. The van der Waals surface area contributed by atoms with Crippen molar-refractivity contribution in [3.8, 4) is 0 Å². The summed E-state index contributed by atoms with van der Waals surface area (Å²) in [5.74, 6) is 1.22. The summed E-state index contributed by atoms with van der Waals surface area (Å²) in [5.41, 5.74) is 1.43. The van der Waals surface area contributed by atoms with E-state index in [2.05, 4.69) is 13.8 Å². The predicted octanol–water partition coefficient (Wildman–Crippen LogP) is 2.95. The highest BCUT2D eigenvalue weighted by atomic mass is 16.7. The highest BCUT2D eigenvalue weighted by molar-refractivity contribution is 5.96. The molecule has 0 radical (unpaired) electrons. The van der Waals surface area contributed by atoms with E-state index in [-0.39, 0.29) is 11.3 Å². The van der Waals surface area contributed by atoms with Crippen molar-refractivity contribution in [3.63, 3.8) is 0 Å². The fraction of sp³-hybridized carbons (Fsp3) is 0.800. The van der Waals surface area contributed by atoms with Gasteiger partial charge in [-0.25, -0.2) is 0 Å². The zero-order valence-corrected chi connectivity index (χ0v) is 11.7. The molecule has 3 heteroatoms. The third-order valence-corrected chi connectivity index (χ3v) is 4.91. The highest BCUT2D eigenvalue weighted by Crippen LogP contribution is 2.58. The quantitative estimate of drug-likeness (QED) is 0.538. The summed E-state index contributed by atoms with van der Waals surface area (Å²) in [4.78, 5) is 12.0. The van der Waals surface area contributed by atoms with E-state index in [0.717, 1.165) is 25.9 Å². The zero-order valence-electron chi connectivity index (χ0n) is 11.7. The van der Waals surface area contributed by atoms with Gasteiger partial charge >= 0.3 is 0 Å². The van der Waals surface area contributed by atoms with Crippen molar-refractivity contribution in [1.29, 1.82) is 0 Å². The van der Waals surface area contributed by atoms with Crippen LogP contribution in [-0.4, -0.2) is 26.3 Å². The highest BCUT2D eigenvalue weighted by Gasteiger charge is 2.54. The van der Waals surface area contributed by atoms with Crippen LogP contribution in [0.2, 0.25) is 0 Å². The van der Waals surface area contributed by atoms with Crippen molar-refractivity contribution in [2.75, 3.05) is 20.5 Å². The summed E-state index contributed by atoms with van der Waals surface area (Å²) in [6, 6.07) is 0. The molecule has 0 aromatic heterocycles. The molecule has 18 heavy (non-hydrogen) atoms. The summed E-state index contributed by atoms with van der Waals surface area (Å²) in [6.07, 6.45) is 6.20. The van der Waals surface area contributed by atoms with Crippen LogP contribution in [0.15, 0.2) is 11.6 Å². The van der Waals surface area contributed by atoms with Crippen LogP contribution in [0.25, 0.3) is 0 Å². The zero-order chi connectivity index (χ0) is 13.2. The molecular formula is C15H24O3. The second-order valence-corrected chi connectivity index (χ2v) is 5.72. The Morgan fingerprint density at radius 2 is 2.22 bits per heavy atom. The molecule has 0 saturated heterocycles. The summed E-state index contributed by atoms with van der Waals surface area (Å²) < 4.78 is 10.2. The Hall–Kier alpha value is -0.670. The van der Waals surface area contributed by atoms with Crippen molar-refractivity contribution in [2.45, 2.75) is 39.5 Å². The molecular weight excluding hydrogens is 228 g/mol. The fourth-order valence-corrected chi connectivity index (χ4v) is 4.01. The first-order valence-electron chi connectivity index (χ1n) is 6.92. The maximum absolute atomic E-state index is 12.0. The smallest absolute Gasteiger partial charge is 0.159 e. The van der Waals surface area contributed by atoms with E-state index in [1.165, 1.54) is 12.0 Å². The molecule has 1 saturated carbocycles. The van der Waals surface area contributed by atoms with Gasteiger partial charge in [-0.2, -0.15) is 0 Å². The minimum Gasteiger partial charge on any atom is -0.359 e. The van der Waals surface area contributed by atoms with Gasteiger partial charge in [-0.1, -0.05) is 12.5 Å². The standard InChI is InChI=1S/C15H24O3/c1-11-5-6-13-14(16)9-12(2)15(11,13)7-4-8-18-10-17-3/h9,11,13H,4-8,10H2,1-3H3/t11-,13+,15-/m1/s1. The number of rotatable bonds is 6. The van der Waals surface area contributed by atoms with E-state index in [4.69, 9.17) is 9.47 Å². The first-order valence-corrected chi connectivity index (χ1v) is 6.92. The Morgan fingerprint density at radius 1 is 1.44 bits per heavy atom. The van der Waals surface area contributed by atoms with E-state index in [1.54, 1.807) is 7.11 Å². The van der Waals surface area contributed by atoms with Crippen LogP contribution in [0.5, 0.6) is 0 Å². The topological polar surface area (TPSA) is 35.5 Å².